The van der Waals surface area contributed by atoms with E-state index < -0.39 is 47.5 Å². The number of hydrogen-bond donors (Lipinski definition) is 1. The van der Waals surface area contributed by atoms with E-state index in [-0.39, 0.29) is 35.8 Å². The molecule has 3 fully saturated rings. The number of hydrogen-bond acceptors (Lipinski definition) is 11. The van der Waals surface area contributed by atoms with Gasteiger partial charge in [0.15, 0.2) is 12.1 Å². The van der Waals surface area contributed by atoms with Gasteiger partial charge >= 0.3 is 5.97 Å². The average Bonchev–Trinajstić information content (AvgIpc) is 3.09. The van der Waals surface area contributed by atoms with Crippen molar-refractivity contribution in [2.45, 2.75) is 117 Å². The topological polar surface area (TPSA) is 121 Å². The minimum atomic E-state index is -1.49. The van der Waals surface area contributed by atoms with Crippen molar-refractivity contribution in [3.8, 4) is 0 Å². The Kier molecular flexibility index (Phi) is 14.1. The summed E-state index contributed by atoms with van der Waals surface area (Å²) in [6.07, 6.45) is -2.30. The molecule has 0 bridgehead atoms. The molecule has 294 valence electrons. The van der Waals surface area contributed by atoms with Gasteiger partial charge in [0, 0.05) is 63.9 Å². The molecule has 10 atom stereocenters. The lowest BCUT2D eigenvalue weighted by Gasteiger charge is -2.47. The first-order valence-corrected chi connectivity index (χ1v) is 19.0. The maximum Gasteiger partial charge on any atom is 0.319 e. The fourth-order valence-electron chi connectivity index (χ4n) is 8.41. The smallest absolute Gasteiger partial charge is 0.319 e. The Hall–Kier alpha value is -2.45. The van der Waals surface area contributed by atoms with Crippen molar-refractivity contribution in [2.75, 3.05) is 67.5 Å². The highest BCUT2D eigenvalue weighted by atomic mass is 16.7. The van der Waals surface area contributed by atoms with E-state index in [2.05, 4.69) is 16.7 Å². The largest absolute Gasteiger partial charge is 0.460 e. The number of ether oxygens (including phenoxy) is 4. The third-order valence-electron chi connectivity index (χ3n) is 11.8. The number of nitrogens with zero attached hydrogens (tertiary/aromatic N) is 4. The highest BCUT2D eigenvalue weighted by Crippen LogP contribution is 2.38. The lowest BCUT2D eigenvalue weighted by Crippen LogP contribution is -2.59. The van der Waals surface area contributed by atoms with Crippen molar-refractivity contribution < 1.29 is 38.4 Å². The number of piperazine rings is 1. The Bertz CT molecular complexity index is 1370. The number of aryl methyl sites for hydroxylation is 1. The molecule has 52 heavy (non-hydrogen) atoms. The number of benzene rings is 1. The zero-order valence-electron chi connectivity index (χ0n) is 33.8. The van der Waals surface area contributed by atoms with E-state index >= 15 is 0 Å². The van der Waals surface area contributed by atoms with Crippen LogP contribution in [0.3, 0.4) is 0 Å². The number of carbonyl (C=O) groups is 3. The first-order chi connectivity index (χ1) is 24.3. The van der Waals surface area contributed by atoms with Gasteiger partial charge in [0.05, 0.1) is 23.9 Å². The monoisotopic (exact) mass is 730 g/mol. The molecule has 4 rings (SSSR count). The molecule has 3 aliphatic rings. The Morgan fingerprint density at radius 1 is 1.02 bits per heavy atom. The van der Waals surface area contributed by atoms with Crippen molar-refractivity contribution in [3.05, 3.63) is 35.4 Å². The van der Waals surface area contributed by atoms with Crippen molar-refractivity contribution >= 4 is 17.7 Å². The number of Topliss-reactive ketones (excluding diaryl/α,β-unsaturated/α-hetero) is 1. The first kappa shape index (κ1) is 42.3. The number of aliphatic hydroxyl groups excluding tert-OH is 1. The Balaban J connectivity index is 1.57. The highest BCUT2D eigenvalue weighted by molar-refractivity contribution is 6.04. The van der Waals surface area contributed by atoms with Crippen LogP contribution >= 0.6 is 0 Å². The number of esters is 1. The number of likely N-dealkylation sites (N-methyl/N-ethyl adjacent to an activating group) is 2. The Morgan fingerprint density at radius 3 is 2.21 bits per heavy atom. The van der Waals surface area contributed by atoms with Crippen LogP contribution in [-0.4, -0.2) is 158 Å². The maximum atomic E-state index is 14.4. The lowest BCUT2D eigenvalue weighted by atomic mass is 9.74. The van der Waals surface area contributed by atoms with Crippen molar-refractivity contribution in [1.82, 2.24) is 19.6 Å². The summed E-state index contributed by atoms with van der Waals surface area (Å²) in [6.45, 7) is 18.9. The van der Waals surface area contributed by atoms with Gasteiger partial charge < -0.3 is 33.9 Å². The third kappa shape index (κ3) is 9.61. The van der Waals surface area contributed by atoms with Crippen LogP contribution in [-0.2, 0) is 28.5 Å². The van der Waals surface area contributed by atoms with Gasteiger partial charge in [-0.1, -0.05) is 31.5 Å². The molecule has 0 aromatic heterocycles. The summed E-state index contributed by atoms with van der Waals surface area (Å²) in [4.78, 5) is 50.0. The minimum Gasteiger partial charge on any atom is -0.460 e. The summed E-state index contributed by atoms with van der Waals surface area (Å²) >= 11 is 0. The summed E-state index contributed by atoms with van der Waals surface area (Å²) in [6, 6.07) is 7.31. The number of methoxy groups -OCH3 is 1. The fraction of sp³-hybridized carbons (Fsp3) is 0.775. The van der Waals surface area contributed by atoms with E-state index in [0.717, 1.165) is 5.56 Å². The molecule has 1 N–H and O–H groups in total. The van der Waals surface area contributed by atoms with Gasteiger partial charge in [-0.3, -0.25) is 24.2 Å². The molecule has 12 heteroatoms. The lowest BCUT2D eigenvalue weighted by molar-refractivity contribution is -0.295. The molecule has 0 aliphatic carbocycles. The van der Waals surface area contributed by atoms with E-state index in [1.165, 1.54) is 0 Å². The van der Waals surface area contributed by atoms with Crippen molar-refractivity contribution in [3.63, 3.8) is 0 Å². The molecule has 0 spiro atoms. The molecule has 0 saturated carbocycles. The summed E-state index contributed by atoms with van der Waals surface area (Å²) in [5.74, 6) is -1.60. The molecule has 1 aromatic rings. The highest BCUT2D eigenvalue weighted by Gasteiger charge is 2.52. The minimum absolute atomic E-state index is 0.0381. The van der Waals surface area contributed by atoms with Crippen molar-refractivity contribution in [1.29, 1.82) is 0 Å². The van der Waals surface area contributed by atoms with E-state index in [1.54, 1.807) is 27.9 Å². The predicted molar refractivity (Wildman–Crippen MR) is 200 cm³/mol. The standard InChI is InChI=1S/C40H66N4O8/c1-25-13-15-30(16-14-25)36(47)44-19-17-43(18-20-44)24-32-29(5)51-38(48)39(6,7)34(46)28(4)35(40(8,49-12)22-26(2)23-42(32)11)52-37-33(45)31(41(9)10)21-27(3)50-37/h13-16,26-29,31-33,35,37,45H,17-24H2,1-12H3/t26-,27-,28+,29+,31+,32+,33-,35-,37+,40-/m1/s1. The van der Waals surface area contributed by atoms with Gasteiger partial charge in [-0.2, -0.15) is 0 Å². The molecule has 3 saturated heterocycles. The van der Waals surface area contributed by atoms with Crippen molar-refractivity contribution in [2.24, 2.45) is 17.3 Å². The maximum absolute atomic E-state index is 14.4. The van der Waals surface area contributed by atoms with Gasteiger partial charge in [0.1, 0.15) is 17.6 Å². The number of carbonyl (C=O) groups excluding carboxylic acids is 3. The van der Waals surface area contributed by atoms with Crippen LogP contribution in [0.15, 0.2) is 24.3 Å². The molecule has 0 unspecified atom stereocenters. The van der Waals surface area contributed by atoms with Crippen LogP contribution in [0, 0.1) is 24.2 Å². The second kappa shape index (κ2) is 17.3. The summed E-state index contributed by atoms with van der Waals surface area (Å²) in [5.41, 5.74) is -0.644. The van der Waals surface area contributed by atoms with Crippen LogP contribution in [0.1, 0.15) is 77.2 Å². The normalized spacial score (nSPS) is 36.1. The quantitative estimate of drug-likeness (QED) is 0.328. The number of cyclic esters (lactones) is 1. The zero-order valence-corrected chi connectivity index (χ0v) is 33.8. The summed E-state index contributed by atoms with van der Waals surface area (Å²) in [5, 5.41) is 11.4. The fourth-order valence-corrected chi connectivity index (χ4v) is 8.41. The van der Waals surface area contributed by atoms with Gasteiger partial charge in [0.2, 0.25) is 0 Å². The molecule has 0 radical (unpaired) electrons. The average molecular weight is 731 g/mol. The first-order valence-electron chi connectivity index (χ1n) is 19.0. The number of amides is 1. The number of ketones is 1. The van der Waals surface area contributed by atoms with E-state index in [1.807, 2.05) is 82.9 Å². The van der Waals surface area contributed by atoms with Gasteiger partial charge in [-0.15, -0.1) is 0 Å². The van der Waals surface area contributed by atoms with Crippen LogP contribution < -0.4 is 0 Å². The SMILES string of the molecule is CO[C@]1(C)C[C@@H](C)CN(C)[C@@H](CN2CCN(C(=O)c3ccc(C)cc3)CC2)[C@H](C)OC(=O)C(C)(C)C(=O)[C@H](C)[C@H]1O[C@@H]1O[C@H](C)C[C@H](N(C)C)[C@H]1O. The second-order valence-electron chi connectivity index (χ2n) is 16.8. The molecule has 3 aliphatic heterocycles. The molecule has 12 nitrogen and oxygen atoms in total. The molecular weight excluding hydrogens is 664 g/mol. The molecule has 3 heterocycles. The van der Waals surface area contributed by atoms with E-state index in [0.29, 0.717) is 57.7 Å². The van der Waals surface area contributed by atoms with E-state index in [4.69, 9.17) is 18.9 Å². The van der Waals surface area contributed by atoms with Crippen LogP contribution in [0.25, 0.3) is 0 Å². The van der Waals surface area contributed by atoms with Crippen LogP contribution in [0.4, 0.5) is 0 Å². The summed E-state index contributed by atoms with van der Waals surface area (Å²) < 4.78 is 25.3. The molecule has 1 aromatic carbocycles. The third-order valence-corrected chi connectivity index (χ3v) is 11.8. The molecular formula is C40H66N4O8. The summed E-state index contributed by atoms with van der Waals surface area (Å²) in [7, 11) is 7.51. The van der Waals surface area contributed by atoms with Gasteiger partial charge in [0.25, 0.3) is 5.91 Å². The van der Waals surface area contributed by atoms with E-state index in [9.17, 15) is 19.5 Å². The predicted octanol–water partition coefficient (Wildman–Crippen LogP) is 3.47. The van der Waals surface area contributed by atoms with Crippen LogP contribution in [0.5, 0.6) is 0 Å². The van der Waals surface area contributed by atoms with Gasteiger partial charge in [-0.25, -0.2) is 0 Å². The second-order valence-corrected chi connectivity index (χ2v) is 16.8. The Morgan fingerprint density at radius 2 is 1.63 bits per heavy atom. The zero-order chi connectivity index (χ0) is 38.7. The Labute approximate surface area is 312 Å². The van der Waals surface area contributed by atoms with Crippen LogP contribution in [0.2, 0.25) is 0 Å². The van der Waals surface area contributed by atoms with Gasteiger partial charge in [-0.05, 0) is 93.6 Å². The molecule has 1 amide bonds. The number of aliphatic hydroxyl groups is 1. The number of rotatable bonds is 7.